The van der Waals surface area contributed by atoms with Crippen molar-refractivity contribution in [1.82, 2.24) is 0 Å². The lowest BCUT2D eigenvalue weighted by atomic mass is 9.75. The van der Waals surface area contributed by atoms with Crippen molar-refractivity contribution in [3.8, 4) is 5.75 Å². The van der Waals surface area contributed by atoms with Crippen molar-refractivity contribution in [3.05, 3.63) is 42.5 Å². The molecular formula is C19H24O7. The summed E-state index contributed by atoms with van der Waals surface area (Å²) in [5.41, 5.74) is -2.57. The summed E-state index contributed by atoms with van der Waals surface area (Å²) in [7, 11) is 0. The zero-order chi connectivity index (χ0) is 19.6. The number of unbranched alkanes of at least 4 members (excludes halogenated alkanes) is 1. The zero-order valence-corrected chi connectivity index (χ0v) is 14.8. The van der Waals surface area contributed by atoms with Gasteiger partial charge < -0.3 is 19.7 Å². The largest absolute Gasteiger partial charge is 0.481 e. The first-order valence-corrected chi connectivity index (χ1v) is 8.33. The number of benzene rings is 1. The van der Waals surface area contributed by atoms with E-state index < -0.39 is 35.3 Å². The molecule has 1 rings (SSSR count). The number of hydrogen-bond acceptors (Lipinski definition) is 5. The quantitative estimate of drug-likeness (QED) is 0.254. The van der Waals surface area contributed by atoms with Crippen LogP contribution in [0.1, 0.15) is 32.6 Å². The highest BCUT2D eigenvalue weighted by molar-refractivity contribution is 5.98. The molecule has 0 radical (unpaired) electrons. The van der Waals surface area contributed by atoms with Gasteiger partial charge in [-0.1, -0.05) is 38.1 Å². The Kier molecular flexibility index (Phi) is 8.51. The van der Waals surface area contributed by atoms with E-state index in [1.165, 1.54) is 0 Å². The van der Waals surface area contributed by atoms with Gasteiger partial charge in [-0.2, -0.15) is 0 Å². The van der Waals surface area contributed by atoms with E-state index in [1.807, 2.05) is 6.92 Å². The smallest absolute Gasteiger partial charge is 0.332 e. The Hall–Kier alpha value is -2.67. The van der Waals surface area contributed by atoms with Gasteiger partial charge in [0.05, 0.1) is 6.42 Å². The summed E-state index contributed by atoms with van der Waals surface area (Å²) in [6.07, 6.45) is 0.867. The standard InChI is InChI=1S/C19H24O7/c1-3-4-11-25-12-10-19(18(23)24,14(2)17(21)22)13-16(20)26-15-8-6-5-7-9-15/h5-9H,2-4,10-13H2,1H3,(H,21,22)(H,23,24). The number of para-hydroxylation sites is 1. The molecule has 1 aromatic carbocycles. The summed E-state index contributed by atoms with van der Waals surface area (Å²) in [6, 6.07) is 8.13. The van der Waals surface area contributed by atoms with E-state index in [-0.39, 0.29) is 18.8 Å². The van der Waals surface area contributed by atoms with Crippen molar-refractivity contribution in [2.24, 2.45) is 5.41 Å². The predicted octanol–water partition coefficient (Wildman–Crippen LogP) is 2.90. The molecule has 0 aliphatic carbocycles. The van der Waals surface area contributed by atoms with Gasteiger partial charge in [0.25, 0.3) is 0 Å². The van der Waals surface area contributed by atoms with Crippen molar-refractivity contribution in [2.75, 3.05) is 13.2 Å². The van der Waals surface area contributed by atoms with Crippen LogP contribution in [0.4, 0.5) is 0 Å². The second-order valence-corrected chi connectivity index (χ2v) is 5.85. The highest BCUT2D eigenvalue weighted by atomic mass is 16.5. The van der Waals surface area contributed by atoms with Crippen molar-refractivity contribution in [2.45, 2.75) is 32.6 Å². The van der Waals surface area contributed by atoms with Gasteiger partial charge in [-0.15, -0.1) is 0 Å². The molecule has 0 fully saturated rings. The molecule has 0 saturated carbocycles. The van der Waals surface area contributed by atoms with Crippen LogP contribution >= 0.6 is 0 Å². The van der Waals surface area contributed by atoms with Gasteiger partial charge in [-0.25, -0.2) is 4.79 Å². The third-order valence-electron chi connectivity index (χ3n) is 3.98. The lowest BCUT2D eigenvalue weighted by Crippen LogP contribution is -2.40. The molecule has 7 nitrogen and oxygen atoms in total. The molecule has 2 N–H and O–H groups in total. The fraction of sp³-hybridized carbons (Fsp3) is 0.421. The number of aliphatic carboxylic acids is 2. The second kappa shape index (κ2) is 10.4. The van der Waals surface area contributed by atoms with Gasteiger partial charge in [0, 0.05) is 18.8 Å². The van der Waals surface area contributed by atoms with E-state index in [0.717, 1.165) is 12.8 Å². The first-order valence-electron chi connectivity index (χ1n) is 8.33. The minimum absolute atomic E-state index is 0.00276. The summed E-state index contributed by atoms with van der Waals surface area (Å²) < 4.78 is 10.5. The topological polar surface area (TPSA) is 110 Å². The third kappa shape index (κ3) is 6.00. The molecule has 0 saturated heterocycles. The van der Waals surface area contributed by atoms with Crippen molar-refractivity contribution in [1.29, 1.82) is 0 Å². The fourth-order valence-electron chi connectivity index (χ4n) is 2.36. The summed E-state index contributed by atoms with van der Waals surface area (Å²) in [6.45, 7) is 5.79. The maximum atomic E-state index is 12.2. The van der Waals surface area contributed by atoms with Crippen LogP contribution in [0.3, 0.4) is 0 Å². The van der Waals surface area contributed by atoms with E-state index in [4.69, 9.17) is 9.47 Å². The number of rotatable bonds is 12. The first-order chi connectivity index (χ1) is 12.3. The normalized spacial score (nSPS) is 12.8. The van der Waals surface area contributed by atoms with Gasteiger partial charge in [0.2, 0.25) is 0 Å². The Morgan fingerprint density at radius 1 is 1.12 bits per heavy atom. The molecule has 1 unspecified atom stereocenters. The van der Waals surface area contributed by atoms with Crippen LogP contribution in [0.25, 0.3) is 0 Å². The van der Waals surface area contributed by atoms with E-state index >= 15 is 0 Å². The monoisotopic (exact) mass is 364 g/mol. The van der Waals surface area contributed by atoms with E-state index in [1.54, 1.807) is 30.3 Å². The first kappa shape index (κ1) is 21.4. The molecule has 0 aliphatic heterocycles. The highest BCUT2D eigenvalue weighted by Crippen LogP contribution is 2.36. The van der Waals surface area contributed by atoms with Crippen LogP contribution in [0.15, 0.2) is 42.5 Å². The molecule has 0 aromatic heterocycles. The van der Waals surface area contributed by atoms with E-state index in [9.17, 15) is 24.6 Å². The summed E-state index contributed by atoms with van der Waals surface area (Å²) in [5.74, 6) is -3.53. The van der Waals surface area contributed by atoms with Gasteiger partial charge >= 0.3 is 17.9 Å². The number of ether oxygens (including phenoxy) is 2. The summed E-state index contributed by atoms with van der Waals surface area (Å²) in [4.78, 5) is 35.5. The third-order valence-corrected chi connectivity index (χ3v) is 3.98. The van der Waals surface area contributed by atoms with Gasteiger partial charge in [0.15, 0.2) is 0 Å². The number of hydrogen-bond donors (Lipinski definition) is 2. The molecule has 0 spiro atoms. The minimum atomic E-state index is -2.00. The molecule has 1 atom stereocenters. The molecule has 0 amide bonds. The number of carbonyl (C=O) groups excluding carboxylic acids is 1. The van der Waals surface area contributed by atoms with Gasteiger partial charge in [-0.05, 0) is 25.0 Å². The maximum Gasteiger partial charge on any atom is 0.332 e. The Labute approximate surface area is 152 Å². The van der Waals surface area contributed by atoms with Crippen LogP contribution < -0.4 is 4.74 Å². The molecule has 26 heavy (non-hydrogen) atoms. The van der Waals surface area contributed by atoms with Crippen LogP contribution in [-0.2, 0) is 19.1 Å². The number of carbonyl (C=O) groups is 3. The number of carboxylic acids is 2. The average Bonchev–Trinajstić information content (AvgIpc) is 2.60. The van der Waals surface area contributed by atoms with Crippen LogP contribution in [0, 0.1) is 5.41 Å². The molecule has 0 heterocycles. The Morgan fingerprint density at radius 3 is 2.31 bits per heavy atom. The van der Waals surface area contributed by atoms with Gasteiger partial charge in [-0.3, -0.25) is 9.59 Å². The lowest BCUT2D eigenvalue weighted by Gasteiger charge is -2.28. The number of esters is 1. The highest BCUT2D eigenvalue weighted by Gasteiger charge is 2.46. The summed E-state index contributed by atoms with van der Waals surface area (Å²) >= 11 is 0. The predicted molar refractivity (Wildman–Crippen MR) is 93.9 cm³/mol. The molecule has 1 aromatic rings. The fourth-order valence-corrected chi connectivity index (χ4v) is 2.36. The molecule has 142 valence electrons. The van der Waals surface area contributed by atoms with Crippen LogP contribution in [0.2, 0.25) is 0 Å². The molecular weight excluding hydrogens is 340 g/mol. The average molecular weight is 364 g/mol. The van der Waals surface area contributed by atoms with Crippen molar-refractivity contribution in [3.63, 3.8) is 0 Å². The molecule has 0 bridgehead atoms. The maximum absolute atomic E-state index is 12.2. The Balaban J connectivity index is 2.93. The summed E-state index contributed by atoms with van der Waals surface area (Å²) in [5, 5.41) is 18.9. The lowest BCUT2D eigenvalue weighted by molar-refractivity contribution is -0.155. The van der Waals surface area contributed by atoms with E-state index in [2.05, 4.69) is 6.58 Å². The Morgan fingerprint density at radius 2 is 1.77 bits per heavy atom. The van der Waals surface area contributed by atoms with Crippen LogP contribution in [-0.4, -0.2) is 41.3 Å². The van der Waals surface area contributed by atoms with Crippen LogP contribution in [0.5, 0.6) is 5.75 Å². The molecule has 0 aliphatic rings. The number of carboxylic acid groups (broad SMARTS) is 2. The van der Waals surface area contributed by atoms with E-state index in [0.29, 0.717) is 6.61 Å². The van der Waals surface area contributed by atoms with Gasteiger partial charge in [0.1, 0.15) is 11.2 Å². The van der Waals surface area contributed by atoms with Crippen molar-refractivity contribution < 1.29 is 34.1 Å². The van der Waals surface area contributed by atoms with Crippen molar-refractivity contribution >= 4 is 17.9 Å². The second-order valence-electron chi connectivity index (χ2n) is 5.85. The molecule has 7 heteroatoms. The SMILES string of the molecule is C=C(C(=O)O)C(CCOCCCC)(CC(=O)Oc1ccccc1)C(=O)O. The Bertz CT molecular complexity index is 639. The minimum Gasteiger partial charge on any atom is -0.481 e. The zero-order valence-electron chi connectivity index (χ0n) is 14.8.